The average Bonchev–Trinajstić information content (AvgIpc) is 2.31. The molecule has 1 heterocycles. The molecule has 0 aromatic carbocycles. The van der Waals surface area contributed by atoms with E-state index >= 15 is 0 Å². The maximum absolute atomic E-state index is 4.23. The van der Waals surface area contributed by atoms with Gasteiger partial charge in [0.1, 0.15) is 0 Å². The summed E-state index contributed by atoms with van der Waals surface area (Å²) in [4.78, 5) is 0. The molecular formula is C9H15N3. The summed E-state index contributed by atoms with van der Waals surface area (Å²) in [6.45, 7) is 2.91. The largest absolute Gasteiger partial charge is 0.316 e. The normalized spacial score (nSPS) is 11.2. The van der Waals surface area contributed by atoms with Crippen LogP contribution in [0, 0.1) is 6.92 Å². The molecule has 1 N–H and O–H groups in total. The zero-order valence-corrected chi connectivity index (χ0v) is 7.83. The van der Waals surface area contributed by atoms with Crippen LogP contribution in [0.1, 0.15) is 11.3 Å². The Morgan fingerprint density at radius 2 is 2.42 bits per heavy atom. The molecule has 0 atom stereocenters. The Bertz CT molecular complexity index is 273. The van der Waals surface area contributed by atoms with E-state index in [1.54, 1.807) is 0 Å². The van der Waals surface area contributed by atoms with E-state index in [9.17, 15) is 0 Å². The van der Waals surface area contributed by atoms with Crippen LogP contribution in [-0.4, -0.2) is 23.4 Å². The minimum Gasteiger partial charge on any atom is -0.316 e. The standard InChI is InChI=1S/C9H15N3/c1-8-9(5-4-6-10-2)7-12(3)11-8/h4-5,7,10H,6H2,1-3H3. The van der Waals surface area contributed by atoms with Crippen molar-refractivity contribution in [2.45, 2.75) is 6.92 Å². The molecule has 12 heavy (non-hydrogen) atoms. The van der Waals surface area contributed by atoms with Crippen LogP contribution in [-0.2, 0) is 7.05 Å². The molecule has 0 unspecified atom stereocenters. The lowest BCUT2D eigenvalue weighted by atomic mass is 10.2. The Morgan fingerprint density at radius 1 is 1.67 bits per heavy atom. The molecular weight excluding hydrogens is 150 g/mol. The predicted octanol–water partition coefficient (Wildman–Crippen LogP) is 0.961. The van der Waals surface area contributed by atoms with Gasteiger partial charge in [-0.15, -0.1) is 0 Å². The van der Waals surface area contributed by atoms with Crippen molar-refractivity contribution in [3.05, 3.63) is 23.5 Å². The minimum absolute atomic E-state index is 0.897. The first-order valence-electron chi connectivity index (χ1n) is 4.05. The number of likely N-dealkylation sites (N-methyl/N-ethyl adjacent to an activating group) is 1. The summed E-state index contributed by atoms with van der Waals surface area (Å²) in [6, 6.07) is 0. The molecule has 1 aromatic heterocycles. The molecule has 0 aliphatic heterocycles. The van der Waals surface area contributed by atoms with Crippen LogP contribution in [0.3, 0.4) is 0 Å². The second kappa shape index (κ2) is 4.07. The zero-order chi connectivity index (χ0) is 8.97. The lowest BCUT2D eigenvalue weighted by molar-refractivity contribution is 0.756. The Morgan fingerprint density at radius 3 is 2.92 bits per heavy atom. The van der Waals surface area contributed by atoms with Crippen LogP contribution in [0.15, 0.2) is 12.3 Å². The van der Waals surface area contributed by atoms with Crippen molar-refractivity contribution in [3.8, 4) is 0 Å². The SMILES string of the molecule is CNCC=Cc1cn(C)nc1C. The molecule has 66 valence electrons. The fourth-order valence-corrected chi connectivity index (χ4v) is 1.09. The highest BCUT2D eigenvalue weighted by molar-refractivity contribution is 5.50. The highest BCUT2D eigenvalue weighted by Crippen LogP contribution is 2.05. The van der Waals surface area contributed by atoms with Crippen LogP contribution in [0.2, 0.25) is 0 Å². The van der Waals surface area contributed by atoms with Crippen molar-refractivity contribution in [1.29, 1.82) is 0 Å². The molecule has 0 amide bonds. The fraction of sp³-hybridized carbons (Fsp3) is 0.444. The second-order valence-electron chi connectivity index (χ2n) is 2.80. The Kier molecular flexibility index (Phi) is 3.05. The molecule has 3 nitrogen and oxygen atoms in total. The maximum atomic E-state index is 4.23. The van der Waals surface area contributed by atoms with Crippen molar-refractivity contribution in [2.75, 3.05) is 13.6 Å². The lowest BCUT2D eigenvalue weighted by Gasteiger charge is -1.88. The molecule has 1 aromatic rings. The van der Waals surface area contributed by atoms with Gasteiger partial charge < -0.3 is 5.32 Å². The van der Waals surface area contributed by atoms with Gasteiger partial charge in [0, 0.05) is 25.4 Å². The number of nitrogens with zero attached hydrogens (tertiary/aromatic N) is 2. The van der Waals surface area contributed by atoms with Gasteiger partial charge in [0.05, 0.1) is 5.69 Å². The topological polar surface area (TPSA) is 29.9 Å². The molecule has 1 rings (SSSR count). The molecule has 0 aliphatic rings. The van der Waals surface area contributed by atoms with Crippen LogP contribution in [0.4, 0.5) is 0 Å². The first-order chi connectivity index (χ1) is 5.74. The molecule has 0 bridgehead atoms. The molecule has 0 radical (unpaired) electrons. The molecule has 0 saturated heterocycles. The molecule has 0 aliphatic carbocycles. The first-order valence-corrected chi connectivity index (χ1v) is 4.05. The highest BCUT2D eigenvalue weighted by atomic mass is 15.2. The summed E-state index contributed by atoms with van der Waals surface area (Å²) >= 11 is 0. The Balaban J connectivity index is 2.68. The fourth-order valence-electron chi connectivity index (χ4n) is 1.09. The Labute approximate surface area is 73.1 Å². The van der Waals surface area contributed by atoms with Crippen molar-refractivity contribution in [1.82, 2.24) is 15.1 Å². The molecule has 0 fully saturated rings. The molecule has 3 heteroatoms. The number of aryl methyl sites for hydroxylation is 2. The molecule has 0 saturated carbocycles. The monoisotopic (exact) mass is 165 g/mol. The summed E-state index contributed by atoms with van der Waals surface area (Å²) in [6.07, 6.45) is 6.18. The van der Waals surface area contributed by atoms with E-state index in [0.717, 1.165) is 12.2 Å². The number of hydrogen-bond donors (Lipinski definition) is 1. The van der Waals surface area contributed by atoms with Crippen LogP contribution in [0.5, 0.6) is 0 Å². The minimum atomic E-state index is 0.897. The zero-order valence-electron chi connectivity index (χ0n) is 7.83. The van der Waals surface area contributed by atoms with Gasteiger partial charge in [0.15, 0.2) is 0 Å². The van der Waals surface area contributed by atoms with E-state index < -0.39 is 0 Å². The summed E-state index contributed by atoms with van der Waals surface area (Å²) < 4.78 is 1.83. The van der Waals surface area contributed by atoms with Gasteiger partial charge in [0.25, 0.3) is 0 Å². The van der Waals surface area contributed by atoms with Gasteiger partial charge in [0.2, 0.25) is 0 Å². The van der Waals surface area contributed by atoms with Crippen molar-refractivity contribution >= 4 is 6.08 Å². The highest BCUT2D eigenvalue weighted by Gasteiger charge is 1.96. The maximum Gasteiger partial charge on any atom is 0.0665 e. The first kappa shape index (κ1) is 9.00. The van der Waals surface area contributed by atoms with E-state index in [2.05, 4.69) is 22.6 Å². The van der Waals surface area contributed by atoms with Crippen LogP contribution in [0.25, 0.3) is 6.08 Å². The predicted molar refractivity (Wildman–Crippen MR) is 50.9 cm³/mol. The number of aromatic nitrogens is 2. The van der Waals surface area contributed by atoms with E-state index in [-0.39, 0.29) is 0 Å². The van der Waals surface area contributed by atoms with Crippen molar-refractivity contribution in [2.24, 2.45) is 7.05 Å². The van der Waals surface area contributed by atoms with E-state index in [4.69, 9.17) is 0 Å². The third-order valence-corrected chi connectivity index (χ3v) is 1.67. The summed E-state index contributed by atoms with van der Waals surface area (Å²) in [7, 11) is 3.86. The van der Waals surface area contributed by atoms with Crippen LogP contribution >= 0.6 is 0 Å². The van der Waals surface area contributed by atoms with Crippen molar-refractivity contribution in [3.63, 3.8) is 0 Å². The van der Waals surface area contributed by atoms with Gasteiger partial charge in [-0.05, 0) is 14.0 Å². The summed E-state index contributed by atoms with van der Waals surface area (Å²) in [5.41, 5.74) is 2.26. The number of rotatable bonds is 3. The summed E-state index contributed by atoms with van der Waals surface area (Å²) in [5, 5.41) is 7.29. The van der Waals surface area contributed by atoms with Gasteiger partial charge in [-0.2, -0.15) is 5.10 Å². The van der Waals surface area contributed by atoms with E-state index in [1.165, 1.54) is 5.56 Å². The summed E-state index contributed by atoms with van der Waals surface area (Å²) in [5.74, 6) is 0. The Hall–Kier alpha value is -1.09. The van der Waals surface area contributed by atoms with Gasteiger partial charge >= 0.3 is 0 Å². The van der Waals surface area contributed by atoms with E-state index in [0.29, 0.717) is 0 Å². The number of nitrogens with one attached hydrogen (secondary N) is 1. The number of hydrogen-bond acceptors (Lipinski definition) is 2. The smallest absolute Gasteiger partial charge is 0.0665 e. The quantitative estimate of drug-likeness (QED) is 0.723. The third kappa shape index (κ3) is 2.20. The van der Waals surface area contributed by atoms with Crippen LogP contribution < -0.4 is 5.32 Å². The van der Waals surface area contributed by atoms with E-state index in [1.807, 2.05) is 31.9 Å². The lowest BCUT2D eigenvalue weighted by Crippen LogP contribution is -2.03. The van der Waals surface area contributed by atoms with Crippen molar-refractivity contribution < 1.29 is 0 Å². The second-order valence-corrected chi connectivity index (χ2v) is 2.80. The van der Waals surface area contributed by atoms with Gasteiger partial charge in [-0.25, -0.2) is 0 Å². The van der Waals surface area contributed by atoms with Gasteiger partial charge in [-0.3, -0.25) is 4.68 Å². The average molecular weight is 165 g/mol. The van der Waals surface area contributed by atoms with Gasteiger partial charge in [-0.1, -0.05) is 12.2 Å². The molecule has 0 spiro atoms. The third-order valence-electron chi connectivity index (χ3n) is 1.67.